The molecule has 1 aromatic rings. The highest BCUT2D eigenvalue weighted by Gasteiger charge is 2.34. The number of aromatic carboxylic acids is 1. The van der Waals surface area contributed by atoms with E-state index in [2.05, 4.69) is 12.2 Å². The normalized spacial score (nSPS) is 19.4. The third kappa shape index (κ3) is 2.60. The number of amides is 2. The fourth-order valence-corrected chi connectivity index (χ4v) is 3.33. The highest BCUT2D eigenvalue weighted by atomic mass is 16.4. The van der Waals surface area contributed by atoms with E-state index in [1.807, 2.05) is 6.07 Å². The van der Waals surface area contributed by atoms with Crippen molar-refractivity contribution < 1.29 is 14.7 Å². The van der Waals surface area contributed by atoms with Gasteiger partial charge in [0.25, 0.3) is 0 Å². The van der Waals surface area contributed by atoms with E-state index in [1.54, 1.807) is 17.0 Å². The van der Waals surface area contributed by atoms with Gasteiger partial charge in [-0.2, -0.15) is 0 Å². The second-order valence-corrected chi connectivity index (χ2v) is 6.25. The molecular weight excluding hydrogens is 268 g/mol. The molecule has 1 aliphatic carbocycles. The molecular formula is C16H20N2O3. The van der Waals surface area contributed by atoms with Crippen molar-refractivity contribution >= 4 is 17.7 Å². The molecule has 0 atom stereocenters. The molecule has 0 unspecified atom stereocenters. The number of hydrogen-bond donors (Lipinski definition) is 2. The van der Waals surface area contributed by atoms with Crippen LogP contribution in [-0.2, 0) is 6.42 Å². The van der Waals surface area contributed by atoms with Crippen molar-refractivity contribution in [1.29, 1.82) is 0 Å². The molecule has 5 heteroatoms. The van der Waals surface area contributed by atoms with Crippen LogP contribution in [0.1, 0.15) is 48.5 Å². The number of fused-ring (bicyclic) bond motifs is 1. The van der Waals surface area contributed by atoms with Crippen LogP contribution >= 0.6 is 0 Å². The van der Waals surface area contributed by atoms with Gasteiger partial charge in [0, 0.05) is 17.8 Å². The van der Waals surface area contributed by atoms with Gasteiger partial charge in [-0.15, -0.1) is 0 Å². The molecule has 112 valence electrons. The fourth-order valence-electron chi connectivity index (χ4n) is 3.33. The maximum absolute atomic E-state index is 12.5. The Labute approximate surface area is 123 Å². The summed E-state index contributed by atoms with van der Waals surface area (Å²) in [7, 11) is 0. The molecule has 0 saturated heterocycles. The third-order valence-electron chi connectivity index (χ3n) is 4.59. The van der Waals surface area contributed by atoms with Crippen LogP contribution in [0.3, 0.4) is 0 Å². The molecule has 0 aromatic heterocycles. The lowest BCUT2D eigenvalue weighted by molar-refractivity contribution is 0.0697. The summed E-state index contributed by atoms with van der Waals surface area (Å²) in [6.07, 6.45) is 5.09. The van der Waals surface area contributed by atoms with Crippen LogP contribution in [0.25, 0.3) is 0 Å². The van der Waals surface area contributed by atoms with Crippen molar-refractivity contribution in [3.63, 3.8) is 0 Å². The number of carbonyl (C=O) groups excluding carboxylic acids is 1. The van der Waals surface area contributed by atoms with Gasteiger partial charge in [0.05, 0.1) is 5.56 Å². The van der Waals surface area contributed by atoms with Crippen molar-refractivity contribution in [2.45, 2.75) is 44.6 Å². The molecule has 0 radical (unpaired) electrons. The summed E-state index contributed by atoms with van der Waals surface area (Å²) in [5, 5.41) is 12.2. The minimum Gasteiger partial charge on any atom is -0.478 e. The van der Waals surface area contributed by atoms with Crippen molar-refractivity contribution in [2.24, 2.45) is 0 Å². The summed E-state index contributed by atoms with van der Waals surface area (Å²) in [4.78, 5) is 25.3. The summed E-state index contributed by atoms with van der Waals surface area (Å²) in [5.41, 5.74) is 1.87. The second kappa shape index (κ2) is 5.06. The molecule has 1 saturated carbocycles. The third-order valence-corrected chi connectivity index (χ3v) is 4.59. The molecule has 0 spiro atoms. The van der Waals surface area contributed by atoms with Gasteiger partial charge >= 0.3 is 12.0 Å². The highest BCUT2D eigenvalue weighted by Crippen LogP contribution is 2.32. The predicted octanol–water partition coefficient (Wildman–Crippen LogP) is 2.79. The van der Waals surface area contributed by atoms with Gasteiger partial charge in [0.15, 0.2) is 0 Å². The number of urea groups is 1. The molecule has 1 aromatic carbocycles. The van der Waals surface area contributed by atoms with Gasteiger partial charge in [0.2, 0.25) is 0 Å². The summed E-state index contributed by atoms with van der Waals surface area (Å²) in [6.45, 7) is 2.70. The molecule has 2 aliphatic rings. The summed E-state index contributed by atoms with van der Waals surface area (Å²) >= 11 is 0. The average Bonchev–Trinajstić information content (AvgIpc) is 3.04. The van der Waals surface area contributed by atoms with E-state index in [9.17, 15) is 9.59 Å². The Bertz CT molecular complexity index is 591. The lowest BCUT2D eigenvalue weighted by Crippen LogP contribution is -2.50. The van der Waals surface area contributed by atoms with Gasteiger partial charge in [0.1, 0.15) is 0 Å². The molecule has 1 heterocycles. The second-order valence-electron chi connectivity index (χ2n) is 6.25. The Morgan fingerprint density at radius 1 is 1.29 bits per heavy atom. The maximum atomic E-state index is 12.5. The van der Waals surface area contributed by atoms with E-state index in [1.165, 1.54) is 0 Å². The number of carboxylic acid groups (broad SMARTS) is 1. The van der Waals surface area contributed by atoms with E-state index in [4.69, 9.17) is 5.11 Å². The monoisotopic (exact) mass is 288 g/mol. The molecule has 2 N–H and O–H groups in total. The molecule has 1 fully saturated rings. The van der Waals surface area contributed by atoms with Crippen molar-refractivity contribution in [2.75, 3.05) is 11.4 Å². The van der Waals surface area contributed by atoms with E-state index < -0.39 is 5.97 Å². The van der Waals surface area contributed by atoms with Crippen LogP contribution < -0.4 is 10.2 Å². The lowest BCUT2D eigenvalue weighted by atomic mass is 10.0. The molecule has 0 bridgehead atoms. The average molecular weight is 288 g/mol. The number of benzene rings is 1. The minimum atomic E-state index is -0.965. The van der Waals surface area contributed by atoms with E-state index in [0.717, 1.165) is 43.4 Å². The quantitative estimate of drug-likeness (QED) is 0.879. The number of nitrogens with zero attached hydrogens (tertiary/aromatic N) is 1. The zero-order chi connectivity index (χ0) is 15.0. The van der Waals surface area contributed by atoms with Gasteiger partial charge in [-0.05, 0) is 43.9 Å². The zero-order valence-corrected chi connectivity index (χ0v) is 12.2. The van der Waals surface area contributed by atoms with Gasteiger partial charge in [-0.3, -0.25) is 4.90 Å². The van der Waals surface area contributed by atoms with E-state index in [-0.39, 0.29) is 17.1 Å². The van der Waals surface area contributed by atoms with Crippen LogP contribution in [0.15, 0.2) is 18.2 Å². The molecule has 2 amide bonds. The maximum Gasteiger partial charge on any atom is 0.335 e. The number of anilines is 1. The Kier molecular flexibility index (Phi) is 3.35. The van der Waals surface area contributed by atoms with Crippen molar-refractivity contribution in [3.8, 4) is 0 Å². The summed E-state index contributed by atoms with van der Waals surface area (Å²) in [6, 6.07) is 4.89. The molecule has 21 heavy (non-hydrogen) atoms. The van der Waals surface area contributed by atoms with Crippen LogP contribution in [0.2, 0.25) is 0 Å². The van der Waals surface area contributed by atoms with E-state index >= 15 is 0 Å². The van der Waals surface area contributed by atoms with Crippen LogP contribution in [-0.4, -0.2) is 29.2 Å². The topological polar surface area (TPSA) is 69.6 Å². The van der Waals surface area contributed by atoms with Crippen molar-refractivity contribution in [3.05, 3.63) is 29.3 Å². The SMILES string of the molecule is CC1(NC(=O)N2CCc3ccc(C(=O)O)cc32)CCCC1. The lowest BCUT2D eigenvalue weighted by Gasteiger charge is -2.29. The van der Waals surface area contributed by atoms with Crippen LogP contribution in [0.5, 0.6) is 0 Å². The smallest absolute Gasteiger partial charge is 0.335 e. The van der Waals surface area contributed by atoms with Gasteiger partial charge < -0.3 is 10.4 Å². The standard InChI is InChI=1S/C16H20N2O3/c1-16(7-2-3-8-16)17-15(21)18-9-6-11-4-5-12(14(19)20)10-13(11)18/h4-5,10H,2-3,6-9H2,1H3,(H,17,21)(H,19,20). The molecule has 1 aliphatic heterocycles. The first-order chi connectivity index (χ1) is 9.98. The summed E-state index contributed by atoms with van der Waals surface area (Å²) in [5.74, 6) is -0.965. The number of rotatable bonds is 2. The zero-order valence-electron chi connectivity index (χ0n) is 12.2. The van der Waals surface area contributed by atoms with Crippen LogP contribution in [0.4, 0.5) is 10.5 Å². The highest BCUT2D eigenvalue weighted by molar-refractivity contribution is 5.97. The Balaban J connectivity index is 1.81. The van der Waals surface area contributed by atoms with Crippen LogP contribution in [0, 0.1) is 0 Å². The summed E-state index contributed by atoms with van der Waals surface area (Å²) < 4.78 is 0. The molecule has 5 nitrogen and oxygen atoms in total. The largest absolute Gasteiger partial charge is 0.478 e. The van der Waals surface area contributed by atoms with Crippen molar-refractivity contribution in [1.82, 2.24) is 5.32 Å². The Hall–Kier alpha value is -2.04. The number of nitrogens with one attached hydrogen (secondary N) is 1. The number of carbonyl (C=O) groups is 2. The van der Waals surface area contributed by atoms with Gasteiger partial charge in [-0.25, -0.2) is 9.59 Å². The molecule has 3 rings (SSSR count). The van der Waals surface area contributed by atoms with E-state index in [0.29, 0.717) is 6.54 Å². The first-order valence-corrected chi connectivity index (χ1v) is 7.44. The first kappa shape index (κ1) is 13.9. The predicted molar refractivity (Wildman–Crippen MR) is 79.9 cm³/mol. The number of hydrogen-bond acceptors (Lipinski definition) is 2. The van der Waals surface area contributed by atoms with Gasteiger partial charge in [-0.1, -0.05) is 18.9 Å². The Morgan fingerprint density at radius 2 is 2.00 bits per heavy atom. The number of carboxylic acids is 1. The fraction of sp³-hybridized carbons (Fsp3) is 0.500. The Morgan fingerprint density at radius 3 is 2.67 bits per heavy atom. The minimum absolute atomic E-state index is 0.110. The first-order valence-electron chi connectivity index (χ1n) is 7.44.